The van der Waals surface area contributed by atoms with E-state index in [1.807, 2.05) is 24.3 Å². The number of rotatable bonds is 0. The average molecular weight is 323 g/mol. The highest BCUT2D eigenvalue weighted by molar-refractivity contribution is 9.10. The van der Waals surface area contributed by atoms with Gasteiger partial charge in [-0.1, -0.05) is 42.5 Å². The molecule has 0 aliphatic rings. The van der Waals surface area contributed by atoms with Gasteiger partial charge in [-0.25, -0.2) is 0 Å². The molecule has 0 saturated carbocycles. The third kappa shape index (κ3) is 1.61. The van der Waals surface area contributed by atoms with Crippen molar-refractivity contribution in [3.8, 4) is 5.75 Å². The molecule has 0 aliphatic heterocycles. The van der Waals surface area contributed by atoms with Gasteiger partial charge in [0.2, 0.25) is 0 Å². The third-order valence-corrected chi connectivity index (χ3v) is 4.43. The van der Waals surface area contributed by atoms with Crippen molar-refractivity contribution < 1.29 is 5.11 Å². The highest BCUT2D eigenvalue weighted by Crippen LogP contribution is 2.38. The molecule has 4 aromatic rings. The highest BCUT2D eigenvalue weighted by Gasteiger charge is 2.09. The third-order valence-electron chi connectivity index (χ3n) is 3.79. The quantitative estimate of drug-likeness (QED) is 0.329. The molecular formula is C18H11BrO. The Kier molecular flexibility index (Phi) is 2.48. The molecule has 2 heteroatoms. The highest BCUT2D eigenvalue weighted by atomic mass is 79.9. The van der Waals surface area contributed by atoms with Crippen LogP contribution in [0.3, 0.4) is 0 Å². The maximum Gasteiger partial charge on any atom is 0.138 e. The molecule has 0 aliphatic carbocycles. The van der Waals surface area contributed by atoms with Crippen LogP contribution in [0.4, 0.5) is 0 Å². The van der Waals surface area contributed by atoms with E-state index in [9.17, 15) is 5.11 Å². The van der Waals surface area contributed by atoms with Gasteiger partial charge in [0.15, 0.2) is 0 Å². The van der Waals surface area contributed by atoms with Gasteiger partial charge in [-0.05, 0) is 61.1 Å². The molecule has 0 radical (unpaired) electrons. The van der Waals surface area contributed by atoms with Crippen LogP contribution in [-0.4, -0.2) is 5.11 Å². The van der Waals surface area contributed by atoms with Gasteiger partial charge in [-0.2, -0.15) is 0 Å². The van der Waals surface area contributed by atoms with E-state index in [1.54, 1.807) is 0 Å². The molecule has 1 nitrogen and oxygen atoms in total. The largest absolute Gasteiger partial charge is 0.506 e. The second kappa shape index (κ2) is 4.22. The van der Waals surface area contributed by atoms with Crippen LogP contribution in [-0.2, 0) is 0 Å². The fourth-order valence-corrected chi connectivity index (χ4v) is 3.13. The zero-order chi connectivity index (χ0) is 13.7. The summed E-state index contributed by atoms with van der Waals surface area (Å²) < 4.78 is 0.727. The standard InChI is InChI=1S/C18H11BrO/c19-16-8-7-11-5-6-14-9-12-3-1-2-4-13(12)10-15(14)17(11)18(16)20/h1-10,20H. The Balaban J connectivity index is 2.28. The van der Waals surface area contributed by atoms with Crippen LogP contribution in [0, 0.1) is 0 Å². The van der Waals surface area contributed by atoms with Crippen LogP contribution in [0.15, 0.2) is 65.1 Å². The number of phenols is 1. The van der Waals surface area contributed by atoms with E-state index in [4.69, 9.17) is 0 Å². The molecule has 0 aromatic heterocycles. The molecule has 1 N–H and O–H groups in total. The molecule has 20 heavy (non-hydrogen) atoms. The number of fused-ring (bicyclic) bond motifs is 4. The Hall–Kier alpha value is -2.06. The fourth-order valence-electron chi connectivity index (χ4n) is 2.80. The Morgan fingerprint density at radius 3 is 2.15 bits per heavy atom. The number of hydrogen-bond acceptors (Lipinski definition) is 1. The van der Waals surface area contributed by atoms with Crippen molar-refractivity contribution in [3.05, 3.63) is 65.1 Å². The molecule has 96 valence electrons. The Morgan fingerprint density at radius 2 is 1.35 bits per heavy atom. The molecule has 0 heterocycles. The predicted octanol–water partition coefficient (Wildman–Crippen LogP) is 5.61. The van der Waals surface area contributed by atoms with Crippen molar-refractivity contribution in [1.29, 1.82) is 0 Å². The summed E-state index contributed by atoms with van der Waals surface area (Å²) in [6, 6.07) is 20.7. The van der Waals surface area contributed by atoms with E-state index in [2.05, 4.69) is 52.3 Å². The Morgan fingerprint density at radius 1 is 0.700 bits per heavy atom. The van der Waals surface area contributed by atoms with Gasteiger partial charge >= 0.3 is 0 Å². The number of benzene rings is 4. The minimum atomic E-state index is 0.309. The summed E-state index contributed by atoms with van der Waals surface area (Å²) >= 11 is 3.40. The van der Waals surface area contributed by atoms with Crippen molar-refractivity contribution in [1.82, 2.24) is 0 Å². The topological polar surface area (TPSA) is 20.2 Å². The van der Waals surface area contributed by atoms with Crippen LogP contribution in [0.5, 0.6) is 5.75 Å². The second-order valence-electron chi connectivity index (χ2n) is 4.98. The lowest BCUT2D eigenvalue weighted by atomic mass is 9.98. The van der Waals surface area contributed by atoms with E-state index in [1.165, 1.54) is 10.8 Å². The Bertz CT molecular complexity index is 973. The number of phenolic OH excluding ortho intramolecular Hbond substituents is 1. The average Bonchev–Trinajstić information content (AvgIpc) is 2.48. The summed E-state index contributed by atoms with van der Waals surface area (Å²) in [6.07, 6.45) is 0. The zero-order valence-corrected chi connectivity index (χ0v) is 12.2. The van der Waals surface area contributed by atoms with E-state index in [0.717, 1.165) is 26.0 Å². The first-order chi connectivity index (χ1) is 9.74. The maximum absolute atomic E-state index is 10.4. The van der Waals surface area contributed by atoms with Gasteiger partial charge in [0, 0.05) is 5.39 Å². The summed E-state index contributed by atoms with van der Waals surface area (Å²) in [4.78, 5) is 0. The molecule has 0 atom stereocenters. The van der Waals surface area contributed by atoms with E-state index >= 15 is 0 Å². The van der Waals surface area contributed by atoms with Gasteiger partial charge in [-0.3, -0.25) is 0 Å². The molecule has 4 rings (SSSR count). The smallest absolute Gasteiger partial charge is 0.138 e. The first-order valence-electron chi connectivity index (χ1n) is 6.47. The summed E-state index contributed by atoms with van der Waals surface area (Å²) in [5, 5.41) is 17.0. The Labute approximate surface area is 124 Å². The molecule has 0 spiro atoms. The summed E-state index contributed by atoms with van der Waals surface area (Å²) in [5.74, 6) is 0.309. The van der Waals surface area contributed by atoms with Crippen LogP contribution < -0.4 is 0 Å². The van der Waals surface area contributed by atoms with Crippen LogP contribution in [0.1, 0.15) is 0 Å². The van der Waals surface area contributed by atoms with Crippen LogP contribution in [0.2, 0.25) is 0 Å². The molecule has 4 aromatic carbocycles. The molecule has 0 amide bonds. The number of halogens is 1. The fraction of sp³-hybridized carbons (Fsp3) is 0. The first-order valence-corrected chi connectivity index (χ1v) is 7.26. The van der Waals surface area contributed by atoms with E-state index in [-0.39, 0.29) is 0 Å². The minimum absolute atomic E-state index is 0.309. The zero-order valence-electron chi connectivity index (χ0n) is 10.6. The van der Waals surface area contributed by atoms with Gasteiger partial charge in [0.1, 0.15) is 5.75 Å². The predicted molar refractivity (Wildman–Crippen MR) is 88.3 cm³/mol. The minimum Gasteiger partial charge on any atom is -0.506 e. The SMILES string of the molecule is Oc1c(Br)ccc2ccc3cc4ccccc4cc3c12. The van der Waals surface area contributed by atoms with Gasteiger partial charge < -0.3 is 5.11 Å². The monoisotopic (exact) mass is 322 g/mol. The van der Waals surface area contributed by atoms with Crippen molar-refractivity contribution in [2.24, 2.45) is 0 Å². The molecule has 0 unspecified atom stereocenters. The van der Waals surface area contributed by atoms with Gasteiger partial charge in [0.25, 0.3) is 0 Å². The summed E-state index contributed by atoms with van der Waals surface area (Å²) in [6.45, 7) is 0. The van der Waals surface area contributed by atoms with E-state index in [0.29, 0.717) is 5.75 Å². The summed E-state index contributed by atoms with van der Waals surface area (Å²) in [5.41, 5.74) is 0. The van der Waals surface area contributed by atoms with Gasteiger partial charge in [0.05, 0.1) is 4.47 Å². The second-order valence-corrected chi connectivity index (χ2v) is 5.83. The molecule has 0 saturated heterocycles. The molecule has 0 fully saturated rings. The first kappa shape index (κ1) is 11.7. The lowest BCUT2D eigenvalue weighted by Gasteiger charge is -2.09. The molecular weight excluding hydrogens is 312 g/mol. The van der Waals surface area contributed by atoms with Crippen molar-refractivity contribution in [3.63, 3.8) is 0 Å². The van der Waals surface area contributed by atoms with Crippen molar-refractivity contribution in [2.75, 3.05) is 0 Å². The normalized spacial score (nSPS) is 11.4. The lowest BCUT2D eigenvalue weighted by molar-refractivity contribution is 0.479. The van der Waals surface area contributed by atoms with Crippen molar-refractivity contribution in [2.45, 2.75) is 0 Å². The maximum atomic E-state index is 10.4. The van der Waals surface area contributed by atoms with Crippen LogP contribution in [0.25, 0.3) is 32.3 Å². The van der Waals surface area contributed by atoms with Crippen LogP contribution >= 0.6 is 15.9 Å². The summed E-state index contributed by atoms with van der Waals surface area (Å²) in [7, 11) is 0. The van der Waals surface area contributed by atoms with Crippen molar-refractivity contribution >= 4 is 48.2 Å². The number of aromatic hydroxyl groups is 1. The molecule has 0 bridgehead atoms. The van der Waals surface area contributed by atoms with Gasteiger partial charge in [-0.15, -0.1) is 0 Å². The lowest BCUT2D eigenvalue weighted by Crippen LogP contribution is -1.81. The number of hydrogen-bond donors (Lipinski definition) is 1. The van der Waals surface area contributed by atoms with E-state index < -0.39 is 0 Å².